The summed E-state index contributed by atoms with van der Waals surface area (Å²) in [7, 11) is 0. The monoisotopic (exact) mass is 289 g/mol. The highest BCUT2D eigenvalue weighted by atomic mass is 35.5. The second kappa shape index (κ2) is 6.40. The van der Waals surface area contributed by atoms with Gasteiger partial charge in [-0.2, -0.15) is 0 Å². The predicted octanol–water partition coefficient (Wildman–Crippen LogP) is 3.94. The Bertz CT molecular complexity index is 537. The van der Waals surface area contributed by atoms with E-state index in [2.05, 4.69) is 17.4 Å². The highest BCUT2D eigenvalue weighted by molar-refractivity contribution is 6.30. The summed E-state index contributed by atoms with van der Waals surface area (Å²) in [6, 6.07) is 17.5. The molecule has 0 aliphatic heterocycles. The molecule has 0 radical (unpaired) electrons. The second-order valence-electron chi connectivity index (χ2n) is 5.51. The Labute approximate surface area is 125 Å². The minimum absolute atomic E-state index is 0.427. The van der Waals surface area contributed by atoms with Gasteiger partial charge in [0.15, 0.2) is 0 Å². The van der Waals surface area contributed by atoms with E-state index < -0.39 is 11.6 Å². The fourth-order valence-electron chi connectivity index (χ4n) is 2.08. The van der Waals surface area contributed by atoms with Crippen LogP contribution in [-0.4, -0.2) is 10.6 Å². The summed E-state index contributed by atoms with van der Waals surface area (Å²) in [5.41, 5.74) is 1.63. The Morgan fingerprint density at radius 3 is 2.25 bits per heavy atom. The third kappa shape index (κ3) is 3.83. The maximum atomic E-state index is 10.5. The molecule has 0 bridgehead atoms. The summed E-state index contributed by atoms with van der Waals surface area (Å²) in [4.78, 5) is 0. The molecule has 0 heterocycles. The zero-order chi connectivity index (χ0) is 14.6. The van der Waals surface area contributed by atoms with Crippen molar-refractivity contribution in [1.29, 1.82) is 0 Å². The number of nitrogens with one attached hydrogen (secondary N) is 1. The molecule has 0 saturated heterocycles. The van der Waals surface area contributed by atoms with Gasteiger partial charge in [-0.25, -0.2) is 0 Å². The van der Waals surface area contributed by atoms with Crippen LogP contribution in [0.15, 0.2) is 54.6 Å². The van der Waals surface area contributed by atoms with E-state index in [4.69, 9.17) is 11.6 Å². The number of hydrogen-bond donors (Lipinski definition) is 2. The minimum atomic E-state index is -0.594. The van der Waals surface area contributed by atoms with E-state index in [0.717, 1.165) is 12.1 Å². The molecule has 106 valence electrons. The molecule has 2 rings (SSSR count). The van der Waals surface area contributed by atoms with Gasteiger partial charge in [0.25, 0.3) is 0 Å². The zero-order valence-electron chi connectivity index (χ0n) is 11.8. The maximum absolute atomic E-state index is 10.5. The number of hydrogen-bond acceptors (Lipinski definition) is 2. The van der Waals surface area contributed by atoms with Crippen LogP contribution < -0.4 is 5.32 Å². The summed E-state index contributed by atoms with van der Waals surface area (Å²) in [5, 5.41) is 14.6. The van der Waals surface area contributed by atoms with Crippen molar-refractivity contribution in [2.24, 2.45) is 0 Å². The largest absolute Gasteiger partial charge is 0.387 e. The third-order valence-corrected chi connectivity index (χ3v) is 3.71. The number of rotatable bonds is 5. The molecule has 2 aromatic rings. The molecule has 2 aromatic carbocycles. The molecule has 0 aromatic heterocycles. The first-order valence-electron chi connectivity index (χ1n) is 6.71. The van der Waals surface area contributed by atoms with Gasteiger partial charge in [0.05, 0.1) is 6.10 Å². The van der Waals surface area contributed by atoms with E-state index in [1.54, 1.807) is 12.1 Å². The van der Waals surface area contributed by atoms with Gasteiger partial charge in [-0.15, -0.1) is 0 Å². The molecule has 2 nitrogen and oxygen atoms in total. The minimum Gasteiger partial charge on any atom is -0.387 e. The topological polar surface area (TPSA) is 32.3 Å². The van der Waals surface area contributed by atoms with E-state index in [-0.39, 0.29) is 0 Å². The molecule has 0 aliphatic carbocycles. The van der Waals surface area contributed by atoms with Crippen LogP contribution in [0.2, 0.25) is 5.02 Å². The van der Waals surface area contributed by atoms with E-state index in [1.165, 1.54) is 5.56 Å². The van der Waals surface area contributed by atoms with Gasteiger partial charge in [-0.05, 0) is 37.1 Å². The maximum Gasteiger partial charge on any atom is 0.0966 e. The summed E-state index contributed by atoms with van der Waals surface area (Å²) < 4.78 is 0. The van der Waals surface area contributed by atoms with E-state index in [1.807, 2.05) is 44.2 Å². The van der Waals surface area contributed by atoms with Gasteiger partial charge in [0, 0.05) is 17.1 Å². The number of aliphatic hydroxyl groups is 1. The highest BCUT2D eigenvalue weighted by Gasteiger charge is 2.28. The lowest BCUT2D eigenvalue weighted by atomic mass is 9.91. The molecule has 0 aliphatic rings. The average molecular weight is 290 g/mol. The van der Waals surface area contributed by atoms with Crippen LogP contribution in [0.1, 0.15) is 31.1 Å². The van der Waals surface area contributed by atoms with Crippen molar-refractivity contribution in [2.75, 3.05) is 0 Å². The summed E-state index contributed by atoms with van der Waals surface area (Å²) >= 11 is 5.87. The van der Waals surface area contributed by atoms with Gasteiger partial charge in [-0.1, -0.05) is 54.1 Å². The van der Waals surface area contributed by atoms with Crippen molar-refractivity contribution in [3.63, 3.8) is 0 Å². The van der Waals surface area contributed by atoms with Crippen molar-refractivity contribution >= 4 is 11.6 Å². The normalized spacial score (nSPS) is 13.2. The van der Waals surface area contributed by atoms with Crippen LogP contribution in [0.5, 0.6) is 0 Å². The van der Waals surface area contributed by atoms with Crippen LogP contribution in [0.25, 0.3) is 0 Å². The zero-order valence-corrected chi connectivity index (χ0v) is 12.6. The number of halogens is 1. The Morgan fingerprint density at radius 2 is 1.65 bits per heavy atom. The lowest BCUT2D eigenvalue weighted by Crippen LogP contribution is -2.44. The molecule has 0 saturated carbocycles. The van der Waals surface area contributed by atoms with Gasteiger partial charge in [0.1, 0.15) is 0 Å². The average Bonchev–Trinajstić information content (AvgIpc) is 2.46. The van der Waals surface area contributed by atoms with Gasteiger partial charge >= 0.3 is 0 Å². The van der Waals surface area contributed by atoms with E-state index in [0.29, 0.717) is 5.02 Å². The van der Waals surface area contributed by atoms with Gasteiger partial charge in [0.2, 0.25) is 0 Å². The van der Waals surface area contributed by atoms with Crippen molar-refractivity contribution in [1.82, 2.24) is 5.32 Å². The Kier molecular flexibility index (Phi) is 4.81. The molecule has 2 N–H and O–H groups in total. The van der Waals surface area contributed by atoms with Crippen LogP contribution in [0.4, 0.5) is 0 Å². The summed E-state index contributed by atoms with van der Waals surface area (Å²) in [6.07, 6.45) is -0.594. The molecule has 1 atom stereocenters. The van der Waals surface area contributed by atoms with E-state index >= 15 is 0 Å². The molecular weight excluding hydrogens is 270 g/mol. The predicted molar refractivity (Wildman–Crippen MR) is 83.8 cm³/mol. The summed E-state index contributed by atoms with van der Waals surface area (Å²) in [6.45, 7) is 4.71. The molecule has 20 heavy (non-hydrogen) atoms. The molecule has 0 amide bonds. The van der Waals surface area contributed by atoms with Crippen LogP contribution in [-0.2, 0) is 6.54 Å². The van der Waals surface area contributed by atoms with Crippen molar-refractivity contribution < 1.29 is 5.11 Å². The van der Waals surface area contributed by atoms with E-state index in [9.17, 15) is 5.11 Å². The first kappa shape index (κ1) is 15.0. The molecule has 1 unspecified atom stereocenters. The lowest BCUT2D eigenvalue weighted by Gasteiger charge is -2.32. The Hall–Kier alpha value is -1.35. The number of aliphatic hydroxyl groups excluding tert-OH is 1. The van der Waals surface area contributed by atoms with Crippen molar-refractivity contribution in [3.8, 4) is 0 Å². The second-order valence-corrected chi connectivity index (χ2v) is 5.95. The fraction of sp³-hybridized carbons (Fsp3) is 0.294. The SMILES string of the molecule is CC(C)(NCc1ccccc1)C(O)c1ccc(Cl)cc1. The quantitative estimate of drug-likeness (QED) is 0.874. The lowest BCUT2D eigenvalue weighted by molar-refractivity contribution is 0.0791. The smallest absolute Gasteiger partial charge is 0.0966 e. The Balaban J connectivity index is 2.03. The van der Waals surface area contributed by atoms with Crippen LogP contribution in [0, 0.1) is 0 Å². The highest BCUT2D eigenvalue weighted by Crippen LogP contribution is 2.26. The fourth-order valence-corrected chi connectivity index (χ4v) is 2.21. The number of benzene rings is 2. The first-order valence-corrected chi connectivity index (χ1v) is 7.09. The van der Waals surface area contributed by atoms with Crippen molar-refractivity contribution in [2.45, 2.75) is 32.0 Å². The summed E-state index contributed by atoms with van der Waals surface area (Å²) in [5.74, 6) is 0. The molecule has 3 heteroatoms. The molecule has 0 fully saturated rings. The third-order valence-electron chi connectivity index (χ3n) is 3.46. The van der Waals surface area contributed by atoms with Crippen molar-refractivity contribution in [3.05, 3.63) is 70.7 Å². The first-order chi connectivity index (χ1) is 9.49. The van der Waals surface area contributed by atoms with Gasteiger partial charge in [-0.3, -0.25) is 0 Å². The standard InChI is InChI=1S/C17H20ClNO/c1-17(2,19-12-13-6-4-3-5-7-13)16(20)14-8-10-15(18)11-9-14/h3-11,16,19-20H,12H2,1-2H3. The van der Waals surface area contributed by atoms with Crippen LogP contribution >= 0.6 is 11.6 Å². The Morgan fingerprint density at radius 1 is 1.05 bits per heavy atom. The molecular formula is C17H20ClNO. The van der Waals surface area contributed by atoms with Gasteiger partial charge < -0.3 is 10.4 Å². The molecule has 0 spiro atoms. The van der Waals surface area contributed by atoms with Crippen LogP contribution in [0.3, 0.4) is 0 Å².